The van der Waals surface area contributed by atoms with E-state index in [-0.39, 0.29) is 0 Å². The molecule has 0 fully saturated rings. The molecule has 4 heterocycles. The van der Waals surface area contributed by atoms with E-state index in [1.807, 2.05) is 36.5 Å². The molecule has 0 aliphatic carbocycles. The van der Waals surface area contributed by atoms with Crippen molar-refractivity contribution in [1.82, 2.24) is 0 Å². The lowest BCUT2D eigenvalue weighted by Crippen LogP contribution is -1.98. The van der Waals surface area contributed by atoms with E-state index < -0.39 is 0 Å². The van der Waals surface area contributed by atoms with Gasteiger partial charge in [-0.1, -0.05) is 129 Å². The molecule has 6 nitrogen and oxygen atoms in total. The monoisotopic (exact) mass is 1050 g/mol. The number of thiophene rings is 4. The maximum absolute atomic E-state index is 6.69. The van der Waals surface area contributed by atoms with Crippen LogP contribution in [-0.2, 0) is 22.3 Å². The number of hydrogen-bond donors (Lipinski definition) is 0. The van der Waals surface area contributed by atoms with E-state index in [2.05, 4.69) is 62.4 Å². The van der Waals surface area contributed by atoms with Crippen molar-refractivity contribution in [1.29, 1.82) is 0 Å². The van der Waals surface area contributed by atoms with Crippen molar-refractivity contribution in [3.63, 3.8) is 0 Å². The van der Waals surface area contributed by atoms with Gasteiger partial charge in [-0.3, -0.25) is 0 Å². The second-order valence-corrected chi connectivity index (χ2v) is 23.9. The van der Waals surface area contributed by atoms with E-state index in [4.69, 9.17) is 28.4 Å². The molecule has 0 aliphatic heterocycles. The van der Waals surface area contributed by atoms with Gasteiger partial charge in [-0.05, 0) is 110 Å². The van der Waals surface area contributed by atoms with E-state index in [0.717, 1.165) is 98.8 Å². The molecule has 10 heteroatoms. The number of methoxy groups -OCH3 is 4. The van der Waals surface area contributed by atoms with E-state index in [0.29, 0.717) is 13.2 Å². The summed E-state index contributed by atoms with van der Waals surface area (Å²) in [6, 6.07) is 18.1. The standard InChI is InChI=1S/C62H80O6S4/c1-9-13-15-17-19-21-23-25-27-29-31-45-33-41-35-47(63-5)55-53(59(41)69-45)49(65-7)37-43-39-51(71-61(43)55)57(67-11-3)58(68-12-4)52-40-44-38-50(66-8)54-56(62(44)72-52)48(64-6)36-42-34-46(70-60(42)54)32-30-28-26-24-22-20-18-16-14-10-2/h33-40H,9-32H2,1-8H3/b58-57+. The highest BCUT2D eigenvalue weighted by Gasteiger charge is 2.26. The molecule has 0 bridgehead atoms. The van der Waals surface area contributed by atoms with Gasteiger partial charge < -0.3 is 28.4 Å². The Labute approximate surface area is 446 Å². The molecule has 8 rings (SSSR count). The van der Waals surface area contributed by atoms with Crippen molar-refractivity contribution in [2.24, 2.45) is 0 Å². The summed E-state index contributed by atoms with van der Waals surface area (Å²) < 4.78 is 43.1. The summed E-state index contributed by atoms with van der Waals surface area (Å²) in [6.07, 6.45) is 29.1. The third-order valence-corrected chi connectivity index (χ3v) is 19.1. The Bertz CT molecular complexity index is 2850. The van der Waals surface area contributed by atoms with Gasteiger partial charge in [-0.25, -0.2) is 0 Å². The van der Waals surface area contributed by atoms with Crippen molar-refractivity contribution in [2.45, 2.75) is 169 Å². The lowest BCUT2D eigenvalue weighted by Gasteiger charge is -2.14. The third-order valence-electron chi connectivity index (χ3n) is 14.3. The summed E-state index contributed by atoms with van der Waals surface area (Å²) in [6.45, 7) is 9.64. The van der Waals surface area contributed by atoms with E-state index in [1.165, 1.54) is 158 Å². The van der Waals surface area contributed by atoms with Crippen LogP contribution < -0.4 is 18.9 Å². The molecule has 0 unspecified atom stereocenters. The van der Waals surface area contributed by atoms with Crippen LogP contribution in [0.4, 0.5) is 0 Å². The van der Waals surface area contributed by atoms with Gasteiger partial charge in [0.2, 0.25) is 0 Å². The molecule has 0 radical (unpaired) electrons. The first-order chi connectivity index (χ1) is 35.4. The molecule has 72 heavy (non-hydrogen) atoms. The highest BCUT2D eigenvalue weighted by molar-refractivity contribution is 7.23. The van der Waals surface area contributed by atoms with Crippen molar-refractivity contribution in [2.75, 3.05) is 41.7 Å². The third kappa shape index (κ3) is 12.3. The maximum atomic E-state index is 6.69. The Morgan fingerprint density at radius 3 is 0.903 bits per heavy atom. The van der Waals surface area contributed by atoms with Crippen molar-refractivity contribution in [3.8, 4) is 23.0 Å². The molecule has 0 atom stereocenters. The topological polar surface area (TPSA) is 55.4 Å². The van der Waals surface area contributed by atoms with Crippen LogP contribution in [-0.4, -0.2) is 41.7 Å². The Morgan fingerprint density at radius 2 is 0.611 bits per heavy atom. The van der Waals surface area contributed by atoms with Crippen LogP contribution in [0.5, 0.6) is 23.0 Å². The Hall–Kier alpha value is -4.22. The first-order valence-electron chi connectivity index (χ1n) is 27.5. The SMILES string of the molecule is CCCCCCCCCCCCc1cc2cc(OC)c3c4sc(/C(OCC)=C(\OCC)c5cc6cc(OC)c7c8sc(CCCCCCCCCCCC)cc8cc(OC)c7c6s5)cc4cc(OC)c3c2s1. The van der Waals surface area contributed by atoms with Gasteiger partial charge in [0.25, 0.3) is 0 Å². The Morgan fingerprint density at radius 1 is 0.333 bits per heavy atom. The summed E-state index contributed by atoms with van der Waals surface area (Å²) in [5.41, 5.74) is 0. The van der Waals surface area contributed by atoms with Crippen molar-refractivity contribution < 1.29 is 28.4 Å². The second kappa shape index (κ2) is 26.8. The van der Waals surface area contributed by atoms with Crippen LogP contribution in [0.1, 0.15) is 176 Å². The predicted octanol–water partition coefficient (Wildman–Crippen LogP) is 20.7. The molecule has 4 aromatic carbocycles. The van der Waals surface area contributed by atoms with Crippen LogP contribution in [0.2, 0.25) is 0 Å². The van der Waals surface area contributed by atoms with Crippen LogP contribution in [0.15, 0.2) is 48.5 Å². The van der Waals surface area contributed by atoms with Gasteiger partial charge in [0.15, 0.2) is 11.5 Å². The fraction of sp³-hybridized carbons (Fsp3) is 0.516. The fourth-order valence-corrected chi connectivity index (χ4v) is 15.5. The molecule has 0 spiro atoms. The molecule has 0 amide bonds. The fourth-order valence-electron chi connectivity index (χ4n) is 10.7. The van der Waals surface area contributed by atoms with E-state index >= 15 is 0 Å². The van der Waals surface area contributed by atoms with E-state index in [9.17, 15) is 0 Å². The number of unbranched alkanes of at least 4 members (excludes halogenated alkanes) is 18. The first kappa shape index (κ1) is 54.1. The maximum Gasteiger partial charge on any atom is 0.179 e. The number of aryl methyl sites for hydroxylation is 2. The van der Waals surface area contributed by atoms with Gasteiger partial charge in [0, 0.05) is 50.1 Å². The number of ether oxygens (including phenoxy) is 6. The van der Waals surface area contributed by atoms with Gasteiger partial charge >= 0.3 is 0 Å². The predicted molar refractivity (Wildman–Crippen MR) is 317 cm³/mol. The molecular formula is C62H80O6S4. The summed E-state index contributed by atoms with van der Waals surface area (Å²) >= 11 is 7.27. The largest absolute Gasteiger partial charge is 0.496 e. The number of rotatable bonds is 32. The smallest absolute Gasteiger partial charge is 0.179 e. The lowest BCUT2D eigenvalue weighted by atomic mass is 10.0. The summed E-state index contributed by atoms with van der Waals surface area (Å²) in [7, 11) is 7.14. The van der Waals surface area contributed by atoms with Crippen LogP contribution in [0, 0.1) is 0 Å². The number of fused-ring (bicyclic) bond motifs is 10. The normalized spacial score (nSPS) is 12.3. The number of benzene rings is 4. The van der Waals surface area contributed by atoms with Crippen LogP contribution >= 0.6 is 45.3 Å². The molecule has 388 valence electrons. The Kier molecular flexibility index (Phi) is 20.1. The average Bonchev–Trinajstić information content (AvgIpc) is 4.22. The Balaban J connectivity index is 1.11. The molecule has 8 aromatic rings. The minimum atomic E-state index is 0.485. The second-order valence-electron chi connectivity index (χ2n) is 19.5. The highest BCUT2D eigenvalue weighted by atomic mass is 32.1. The number of hydrogen-bond acceptors (Lipinski definition) is 10. The van der Waals surface area contributed by atoms with Gasteiger partial charge in [0.05, 0.1) is 51.4 Å². The van der Waals surface area contributed by atoms with Gasteiger partial charge in [-0.15, -0.1) is 45.3 Å². The van der Waals surface area contributed by atoms with E-state index in [1.54, 1.807) is 51.1 Å². The summed E-state index contributed by atoms with van der Waals surface area (Å²) in [4.78, 5) is 4.83. The quantitative estimate of drug-likeness (QED) is 0.0309. The van der Waals surface area contributed by atoms with Crippen molar-refractivity contribution >= 4 is 119 Å². The zero-order valence-electron chi connectivity index (χ0n) is 44.7. The zero-order chi connectivity index (χ0) is 50.4. The zero-order valence-corrected chi connectivity index (χ0v) is 47.9. The lowest BCUT2D eigenvalue weighted by molar-refractivity contribution is 0.262. The molecule has 4 aromatic heterocycles. The highest BCUT2D eigenvalue weighted by Crippen LogP contribution is 2.52. The molecule has 0 saturated carbocycles. The first-order valence-corrected chi connectivity index (χ1v) is 30.7. The minimum Gasteiger partial charge on any atom is -0.496 e. The molecule has 0 aliphatic rings. The molecule has 0 N–H and O–H groups in total. The van der Waals surface area contributed by atoms with Crippen molar-refractivity contribution in [3.05, 3.63) is 68.0 Å². The van der Waals surface area contributed by atoms with Gasteiger partial charge in [0.1, 0.15) is 23.0 Å². The summed E-state index contributed by atoms with van der Waals surface area (Å²) in [5, 5.41) is 8.97. The molecular weight excluding hydrogens is 969 g/mol. The van der Waals surface area contributed by atoms with Gasteiger partial charge in [-0.2, -0.15) is 0 Å². The van der Waals surface area contributed by atoms with Crippen LogP contribution in [0.3, 0.4) is 0 Å². The average molecular weight is 1050 g/mol. The summed E-state index contributed by atoms with van der Waals surface area (Å²) in [5.74, 6) is 4.89. The molecule has 0 saturated heterocycles. The minimum absolute atomic E-state index is 0.485. The van der Waals surface area contributed by atoms with Crippen LogP contribution in [0.25, 0.3) is 73.4 Å².